The molecule has 1 aliphatic rings. The van der Waals surface area contributed by atoms with Gasteiger partial charge in [-0.05, 0) is 49.1 Å². The van der Waals surface area contributed by atoms with Crippen LogP contribution in [0.3, 0.4) is 0 Å². The van der Waals surface area contributed by atoms with Crippen molar-refractivity contribution >= 4 is 22.8 Å². The van der Waals surface area contributed by atoms with Crippen LogP contribution < -0.4 is 11.1 Å². The van der Waals surface area contributed by atoms with Gasteiger partial charge in [0.15, 0.2) is 5.65 Å². The SMILES string of the molecule is Cc1cnc2c(c1)n(C)c(=O)c(=O)n2C1CCN(Cc2cccc(Cl)c2)CC1. The topological polar surface area (TPSA) is 60.1 Å². The first-order valence-corrected chi connectivity index (χ1v) is 9.86. The van der Waals surface area contributed by atoms with Crippen molar-refractivity contribution in [1.29, 1.82) is 0 Å². The van der Waals surface area contributed by atoms with E-state index >= 15 is 0 Å². The number of aromatic nitrogens is 3. The van der Waals surface area contributed by atoms with Crippen molar-refractivity contribution in [3.8, 4) is 0 Å². The molecule has 0 aliphatic carbocycles. The highest BCUT2D eigenvalue weighted by Gasteiger charge is 2.25. The van der Waals surface area contributed by atoms with Crippen LogP contribution in [0.1, 0.15) is 30.0 Å². The molecule has 3 aromatic rings. The summed E-state index contributed by atoms with van der Waals surface area (Å²) in [5.74, 6) is 0. The molecule has 4 rings (SSSR count). The van der Waals surface area contributed by atoms with E-state index in [1.165, 1.54) is 10.1 Å². The fourth-order valence-electron chi connectivity index (χ4n) is 4.00. The Labute approximate surface area is 168 Å². The minimum atomic E-state index is -0.499. The van der Waals surface area contributed by atoms with Gasteiger partial charge in [0.25, 0.3) is 0 Å². The molecule has 7 heteroatoms. The Morgan fingerprint density at radius 3 is 2.61 bits per heavy atom. The van der Waals surface area contributed by atoms with E-state index in [-0.39, 0.29) is 6.04 Å². The van der Waals surface area contributed by atoms with E-state index < -0.39 is 11.1 Å². The molecule has 2 aromatic heterocycles. The predicted octanol–water partition coefficient (Wildman–Crippen LogP) is 2.89. The van der Waals surface area contributed by atoms with E-state index in [9.17, 15) is 9.59 Å². The van der Waals surface area contributed by atoms with Crippen LogP contribution in [0.5, 0.6) is 0 Å². The van der Waals surface area contributed by atoms with Crippen molar-refractivity contribution in [3.05, 3.63) is 73.4 Å². The molecule has 0 unspecified atom stereocenters. The minimum Gasteiger partial charge on any atom is -0.304 e. The Morgan fingerprint density at radius 1 is 1.14 bits per heavy atom. The minimum absolute atomic E-state index is 0.0188. The molecule has 0 bridgehead atoms. The lowest BCUT2D eigenvalue weighted by Gasteiger charge is -2.33. The molecule has 0 N–H and O–H groups in total. The molecule has 28 heavy (non-hydrogen) atoms. The molecule has 0 atom stereocenters. The summed E-state index contributed by atoms with van der Waals surface area (Å²) in [6.07, 6.45) is 3.35. The number of nitrogens with zero attached hydrogens (tertiary/aromatic N) is 4. The van der Waals surface area contributed by atoms with Crippen molar-refractivity contribution in [3.63, 3.8) is 0 Å². The zero-order valence-electron chi connectivity index (χ0n) is 16.1. The summed E-state index contributed by atoms with van der Waals surface area (Å²) in [4.78, 5) is 32.1. The van der Waals surface area contributed by atoms with Gasteiger partial charge in [-0.25, -0.2) is 4.98 Å². The summed E-state index contributed by atoms with van der Waals surface area (Å²) in [7, 11) is 1.63. The molecule has 0 radical (unpaired) electrons. The van der Waals surface area contributed by atoms with Gasteiger partial charge in [0.2, 0.25) is 0 Å². The van der Waals surface area contributed by atoms with Gasteiger partial charge in [-0.2, -0.15) is 0 Å². The van der Waals surface area contributed by atoms with Crippen LogP contribution in [0, 0.1) is 6.92 Å². The molecule has 1 saturated heterocycles. The summed E-state index contributed by atoms with van der Waals surface area (Å²) < 4.78 is 3.02. The maximum atomic E-state index is 12.8. The lowest BCUT2D eigenvalue weighted by molar-refractivity contribution is 0.179. The van der Waals surface area contributed by atoms with Gasteiger partial charge in [0, 0.05) is 43.9 Å². The van der Waals surface area contributed by atoms with E-state index in [1.54, 1.807) is 17.8 Å². The average molecular weight is 399 g/mol. The highest BCUT2D eigenvalue weighted by Crippen LogP contribution is 2.25. The van der Waals surface area contributed by atoms with Crippen LogP contribution in [0.25, 0.3) is 11.2 Å². The first-order valence-electron chi connectivity index (χ1n) is 9.49. The van der Waals surface area contributed by atoms with Gasteiger partial charge in [-0.15, -0.1) is 0 Å². The van der Waals surface area contributed by atoms with E-state index in [4.69, 9.17) is 11.6 Å². The Balaban J connectivity index is 1.61. The molecule has 6 nitrogen and oxygen atoms in total. The first kappa shape index (κ1) is 18.9. The van der Waals surface area contributed by atoms with E-state index in [2.05, 4.69) is 16.0 Å². The Hall–Kier alpha value is -2.44. The third-order valence-corrected chi connectivity index (χ3v) is 5.73. The summed E-state index contributed by atoms with van der Waals surface area (Å²) in [5, 5.41) is 0.743. The molecule has 3 heterocycles. The van der Waals surface area contributed by atoms with Crippen molar-refractivity contribution in [1.82, 2.24) is 19.0 Å². The van der Waals surface area contributed by atoms with E-state index in [1.807, 2.05) is 31.2 Å². The molecule has 1 aromatic carbocycles. The van der Waals surface area contributed by atoms with Crippen LogP contribution in [0.15, 0.2) is 46.1 Å². The summed E-state index contributed by atoms with van der Waals surface area (Å²) in [6, 6.07) is 9.79. The largest absolute Gasteiger partial charge is 0.318 e. The van der Waals surface area contributed by atoms with Gasteiger partial charge in [-0.1, -0.05) is 23.7 Å². The number of likely N-dealkylation sites (tertiary alicyclic amines) is 1. The van der Waals surface area contributed by atoms with Crippen molar-refractivity contribution in [2.45, 2.75) is 32.4 Å². The summed E-state index contributed by atoms with van der Waals surface area (Å²) in [5.41, 5.74) is 2.45. The number of benzene rings is 1. The molecular weight excluding hydrogens is 376 g/mol. The lowest BCUT2D eigenvalue weighted by atomic mass is 10.0. The number of fused-ring (bicyclic) bond motifs is 1. The first-order chi connectivity index (χ1) is 13.4. The normalized spacial score (nSPS) is 16.0. The monoisotopic (exact) mass is 398 g/mol. The quantitative estimate of drug-likeness (QED) is 0.636. The fourth-order valence-corrected chi connectivity index (χ4v) is 4.21. The number of halogens is 1. The van der Waals surface area contributed by atoms with Gasteiger partial charge >= 0.3 is 11.1 Å². The smallest absolute Gasteiger partial charge is 0.304 e. The maximum absolute atomic E-state index is 12.8. The number of piperidine rings is 1. The van der Waals surface area contributed by atoms with E-state index in [0.29, 0.717) is 11.2 Å². The number of pyridine rings is 1. The number of aryl methyl sites for hydroxylation is 2. The zero-order chi connectivity index (χ0) is 19.8. The molecule has 0 amide bonds. The molecule has 0 spiro atoms. The lowest BCUT2D eigenvalue weighted by Crippen LogP contribution is -2.45. The molecule has 146 valence electrons. The average Bonchev–Trinajstić information content (AvgIpc) is 2.68. The van der Waals surface area contributed by atoms with Gasteiger partial charge < -0.3 is 4.57 Å². The van der Waals surface area contributed by atoms with Gasteiger partial charge in [0.1, 0.15) is 0 Å². The fraction of sp³-hybridized carbons (Fsp3) is 0.381. The molecule has 0 saturated carbocycles. The molecule has 1 fully saturated rings. The van der Waals surface area contributed by atoms with Crippen LogP contribution in [-0.2, 0) is 13.6 Å². The summed E-state index contributed by atoms with van der Waals surface area (Å²) in [6.45, 7) is 4.47. The number of hydrogen-bond donors (Lipinski definition) is 0. The highest BCUT2D eigenvalue weighted by atomic mass is 35.5. The second-order valence-corrected chi connectivity index (χ2v) is 7.97. The van der Waals surface area contributed by atoms with Gasteiger partial charge in [-0.3, -0.25) is 19.1 Å². The second-order valence-electron chi connectivity index (χ2n) is 7.53. The standard InChI is InChI=1S/C21H23ClN4O2/c1-14-10-18-19(23-12-14)26(21(28)20(27)24(18)2)17-6-8-25(9-7-17)13-15-4-3-5-16(22)11-15/h3-5,10-12,17H,6-9,13H2,1-2H3. The number of rotatable bonds is 3. The number of hydrogen-bond acceptors (Lipinski definition) is 4. The third-order valence-electron chi connectivity index (χ3n) is 5.50. The van der Waals surface area contributed by atoms with Crippen molar-refractivity contribution in [2.24, 2.45) is 7.05 Å². The molecular formula is C21H23ClN4O2. The van der Waals surface area contributed by atoms with Crippen molar-refractivity contribution in [2.75, 3.05) is 13.1 Å². The van der Waals surface area contributed by atoms with Crippen LogP contribution in [0.2, 0.25) is 5.02 Å². The Kier molecular flexibility index (Phi) is 5.08. The van der Waals surface area contributed by atoms with Crippen LogP contribution >= 0.6 is 11.6 Å². The zero-order valence-corrected chi connectivity index (χ0v) is 16.8. The molecule has 1 aliphatic heterocycles. The highest BCUT2D eigenvalue weighted by molar-refractivity contribution is 6.30. The third kappa shape index (κ3) is 3.50. The summed E-state index contributed by atoms with van der Waals surface area (Å²) >= 11 is 6.08. The van der Waals surface area contributed by atoms with Crippen molar-refractivity contribution < 1.29 is 0 Å². The maximum Gasteiger partial charge on any atom is 0.318 e. The second kappa shape index (κ2) is 7.53. The van der Waals surface area contributed by atoms with Crippen LogP contribution in [0.4, 0.5) is 0 Å². The Morgan fingerprint density at radius 2 is 1.89 bits per heavy atom. The van der Waals surface area contributed by atoms with E-state index in [0.717, 1.165) is 43.1 Å². The van der Waals surface area contributed by atoms with Crippen LogP contribution in [-0.4, -0.2) is 32.1 Å². The van der Waals surface area contributed by atoms with Gasteiger partial charge in [0.05, 0.1) is 5.52 Å². The Bertz CT molecular complexity index is 1140. The predicted molar refractivity (Wildman–Crippen MR) is 111 cm³/mol.